The molecule has 2 rings (SSSR count). The van der Waals surface area contributed by atoms with Crippen LogP contribution in [0.1, 0.15) is 15.2 Å². The summed E-state index contributed by atoms with van der Waals surface area (Å²) in [6, 6.07) is 11.9. The number of carbonyl (C=O) groups is 1. The van der Waals surface area contributed by atoms with E-state index in [-0.39, 0.29) is 10.8 Å². The Hall–Kier alpha value is -2.27. The maximum absolute atomic E-state index is 11.7. The minimum Gasteiger partial charge on any atom is -0.289 e. The fourth-order valence-electron chi connectivity index (χ4n) is 1.39. The zero-order chi connectivity index (χ0) is 13.0. The van der Waals surface area contributed by atoms with E-state index in [1.165, 1.54) is 12.1 Å². The molecule has 1 heterocycles. The average molecular weight is 259 g/mol. The van der Waals surface area contributed by atoms with Crippen molar-refractivity contribution in [2.75, 3.05) is 0 Å². The van der Waals surface area contributed by atoms with Gasteiger partial charge in [-0.1, -0.05) is 41.7 Å². The van der Waals surface area contributed by atoms with Crippen LogP contribution in [0.5, 0.6) is 0 Å². The molecule has 0 radical (unpaired) electrons. The molecule has 0 atom stereocenters. The van der Waals surface area contributed by atoms with Crippen molar-refractivity contribution in [1.29, 1.82) is 0 Å². The maximum Gasteiger partial charge on any atom is 0.324 e. The lowest BCUT2D eigenvalue weighted by molar-refractivity contribution is -0.380. The van der Waals surface area contributed by atoms with Gasteiger partial charge in [0.1, 0.15) is 0 Å². The molecule has 4 nitrogen and oxygen atoms in total. The van der Waals surface area contributed by atoms with Crippen LogP contribution in [0.15, 0.2) is 48.5 Å². The van der Waals surface area contributed by atoms with Crippen molar-refractivity contribution >= 4 is 28.2 Å². The summed E-state index contributed by atoms with van der Waals surface area (Å²) in [7, 11) is 0. The molecule has 1 aromatic heterocycles. The highest BCUT2D eigenvalue weighted by Gasteiger charge is 2.08. The molecule has 0 saturated carbocycles. The van der Waals surface area contributed by atoms with E-state index in [1.54, 1.807) is 36.4 Å². The fourth-order valence-corrected chi connectivity index (χ4v) is 2.11. The van der Waals surface area contributed by atoms with Crippen LogP contribution in [-0.4, -0.2) is 10.7 Å². The third-order valence-corrected chi connectivity index (χ3v) is 3.25. The number of nitrogens with zero attached hydrogens (tertiary/aromatic N) is 1. The van der Waals surface area contributed by atoms with Crippen molar-refractivity contribution in [3.8, 4) is 0 Å². The first-order valence-corrected chi connectivity index (χ1v) is 6.00. The van der Waals surface area contributed by atoms with Crippen LogP contribution >= 0.6 is 11.3 Å². The smallest absolute Gasteiger partial charge is 0.289 e. The van der Waals surface area contributed by atoms with Crippen LogP contribution in [0.3, 0.4) is 0 Å². The topological polar surface area (TPSA) is 60.2 Å². The Bertz CT molecular complexity index is 602. The first-order chi connectivity index (χ1) is 8.66. The zero-order valence-electron chi connectivity index (χ0n) is 9.28. The van der Waals surface area contributed by atoms with E-state index < -0.39 is 4.92 Å². The number of rotatable bonds is 4. The van der Waals surface area contributed by atoms with Crippen molar-refractivity contribution in [3.63, 3.8) is 0 Å². The van der Waals surface area contributed by atoms with Gasteiger partial charge in [-0.15, -0.1) is 0 Å². The van der Waals surface area contributed by atoms with Crippen LogP contribution in [0, 0.1) is 10.1 Å². The van der Waals surface area contributed by atoms with Crippen molar-refractivity contribution in [2.24, 2.45) is 0 Å². The van der Waals surface area contributed by atoms with Gasteiger partial charge in [0, 0.05) is 16.5 Å². The van der Waals surface area contributed by atoms with Crippen LogP contribution in [-0.2, 0) is 0 Å². The maximum atomic E-state index is 11.7. The number of hydrogen-bond donors (Lipinski definition) is 0. The third-order valence-electron chi connectivity index (χ3n) is 2.25. The van der Waals surface area contributed by atoms with E-state index >= 15 is 0 Å². The Balaban J connectivity index is 2.11. The molecule has 0 saturated heterocycles. The Morgan fingerprint density at radius 3 is 2.50 bits per heavy atom. The second-order valence-corrected chi connectivity index (χ2v) is 4.59. The monoisotopic (exact) mass is 259 g/mol. The zero-order valence-corrected chi connectivity index (χ0v) is 10.1. The third kappa shape index (κ3) is 2.89. The molecule has 0 spiro atoms. The Labute approximate surface area is 107 Å². The number of ketones is 1. The highest BCUT2D eigenvalue weighted by atomic mass is 32.1. The second kappa shape index (κ2) is 5.37. The first-order valence-electron chi connectivity index (χ1n) is 5.18. The number of benzene rings is 1. The van der Waals surface area contributed by atoms with E-state index in [9.17, 15) is 14.9 Å². The highest BCUT2D eigenvalue weighted by molar-refractivity contribution is 7.16. The molecule has 90 valence electrons. The normalized spacial score (nSPS) is 10.7. The first kappa shape index (κ1) is 12.2. The molecular formula is C13H9NO3S. The van der Waals surface area contributed by atoms with Gasteiger partial charge in [0.05, 0.1) is 4.92 Å². The predicted molar refractivity (Wildman–Crippen MR) is 70.8 cm³/mol. The molecule has 0 aliphatic rings. The molecule has 18 heavy (non-hydrogen) atoms. The van der Waals surface area contributed by atoms with Crippen molar-refractivity contribution in [2.45, 2.75) is 0 Å². The molecule has 0 amide bonds. The number of carbonyl (C=O) groups excluding carboxylic acids is 1. The predicted octanol–water partition coefficient (Wildman–Crippen LogP) is 3.55. The molecule has 0 aliphatic heterocycles. The van der Waals surface area contributed by atoms with Crippen molar-refractivity contribution < 1.29 is 9.72 Å². The van der Waals surface area contributed by atoms with Gasteiger partial charge >= 0.3 is 5.00 Å². The minimum atomic E-state index is -0.443. The lowest BCUT2D eigenvalue weighted by Gasteiger charge is -1.92. The minimum absolute atomic E-state index is 0.0711. The highest BCUT2D eigenvalue weighted by Crippen LogP contribution is 2.24. The summed E-state index contributed by atoms with van der Waals surface area (Å²) in [6.07, 6.45) is 3.01. The summed E-state index contributed by atoms with van der Waals surface area (Å²) >= 11 is 1.04. The van der Waals surface area contributed by atoms with Gasteiger partial charge in [-0.2, -0.15) is 0 Å². The van der Waals surface area contributed by atoms with Gasteiger partial charge < -0.3 is 0 Å². The van der Waals surface area contributed by atoms with E-state index in [1.807, 2.05) is 6.07 Å². The molecule has 0 unspecified atom stereocenters. The van der Waals surface area contributed by atoms with Crippen LogP contribution < -0.4 is 0 Å². The van der Waals surface area contributed by atoms with E-state index in [4.69, 9.17) is 0 Å². The van der Waals surface area contributed by atoms with E-state index in [0.717, 1.165) is 11.3 Å². The van der Waals surface area contributed by atoms with Gasteiger partial charge in [-0.25, -0.2) is 0 Å². The standard InChI is InChI=1S/C13H9NO3S/c15-12(10-4-2-1-3-5-10)8-6-11-7-9-13(18-11)14(16)17/h1-9H/b8-6+. The lowest BCUT2D eigenvalue weighted by Crippen LogP contribution is -1.92. The van der Waals surface area contributed by atoms with Gasteiger partial charge in [-0.3, -0.25) is 14.9 Å². The number of thiophene rings is 1. The van der Waals surface area contributed by atoms with Gasteiger partial charge in [-0.05, 0) is 18.2 Å². The molecular weight excluding hydrogens is 250 g/mol. The fraction of sp³-hybridized carbons (Fsp3) is 0. The molecule has 1 aromatic carbocycles. The number of allylic oxidation sites excluding steroid dienone is 1. The summed E-state index contributed by atoms with van der Waals surface area (Å²) in [5, 5.41) is 10.6. The van der Waals surface area contributed by atoms with Crippen LogP contribution in [0.2, 0.25) is 0 Å². The van der Waals surface area contributed by atoms with Crippen LogP contribution in [0.4, 0.5) is 5.00 Å². The largest absolute Gasteiger partial charge is 0.324 e. The van der Waals surface area contributed by atoms with Crippen molar-refractivity contribution in [3.05, 3.63) is 69.1 Å². The van der Waals surface area contributed by atoms with Crippen molar-refractivity contribution in [1.82, 2.24) is 0 Å². The van der Waals surface area contributed by atoms with Crippen LogP contribution in [0.25, 0.3) is 6.08 Å². The van der Waals surface area contributed by atoms with Gasteiger partial charge in [0.15, 0.2) is 5.78 Å². The van der Waals surface area contributed by atoms with Gasteiger partial charge in [0.25, 0.3) is 0 Å². The SMILES string of the molecule is O=C(/C=C/c1ccc([N+](=O)[O-])s1)c1ccccc1. The van der Waals surface area contributed by atoms with E-state index in [0.29, 0.717) is 10.4 Å². The molecule has 0 N–H and O–H groups in total. The molecule has 0 fully saturated rings. The summed E-state index contributed by atoms with van der Waals surface area (Å²) in [5.41, 5.74) is 0.597. The average Bonchev–Trinajstić information content (AvgIpc) is 2.86. The summed E-state index contributed by atoms with van der Waals surface area (Å²) in [6.45, 7) is 0. The quantitative estimate of drug-likeness (QED) is 0.365. The Morgan fingerprint density at radius 1 is 1.17 bits per heavy atom. The Kier molecular flexibility index (Phi) is 3.64. The molecule has 5 heteroatoms. The Morgan fingerprint density at radius 2 is 1.89 bits per heavy atom. The molecule has 2 aromatic rings. The number of nitro groups is 1. The second-order valence-electron chi connectivity index (χ2n) is 3.50. The molecule has 0 aliphatic carbocycles. The number of hydrogen-bond acceptors (Lipinski definition) is 4. The van der Waals surface area contributed by atoms with E-state index in [2.05, 4.69) is 0 Å². The lowest BCUT2D eigenvalue weighted by atomic mass is 10.1. The van der Waals surface area contributed by atoms with Gasteiger partial charge in [0.2, 0.25) is 0 Å². The molecule has 0 bridgehead atoms. The summed E-state index contributed by atoms with van der Waals surface area (Å²) < 4.78 is 0. The summed E-state index contributed by atoms with van der Waals surface area (Å²) in [5.74, 6) is -0.119. The summed E-state index contributed by atoms with van der Waals surface area (Å²) in [4.78, 5) is 22.5.